The van der Waals surface area contributed by atoms with Crippen LogP contribution in [0.3, 0.4) is 0 Å². The van der Waals surface area contributed by atoms with Crippen molar-refractivity contribution in [3.63, 3.8) is 0 Å². The van der Waals surface area contributed by atoms with E-state index in [4.69, 9.17) is 11.6 Å². The Balaban J connectivity index is 3.20. The van der Waals surface area contributed by atoms with Gasteiger partial charge in [-0.15, -0.1) is 11.6 Å². The maximum Gasteiger partial charge on any atom is 0.174 e. The summed E-state index contributed by atoms with van der Waals surface area (Å²) in [5.74, 6) is 1.23. The van der Waals surface area contributed by atoms with Gasteiger partial charge in [0.05, 0.1) is 11.4 Å². The molecular weight excluding hydrogens is 201 g/mol. The second kappa shape index (κ2) is 4.20. The summed E-state index contributed by atoms with van der Waals surface area (Å²) in [7, 11) is 0. The second-order valence-corrected chi connectivity index (χ2v) is 2.45. The summed E-state index contributed by atoms with van der Waals surface area (Å²) in [6.07, 6.45) is 0. The highest BCUT2D eigenvalue weighted by Crippen LogP contribution is 2.12. The molecule has 13 heavy (non-hydrogen) atoms. The average molecular weight is 205 g/mol. The Morgan fingerprint density at radius 2 is 1.92 bits per heavy atom. The fourth-order valence-corrected chi connectivity index (χ4v) is 0.842. The molecule has 68 valence electrons. The zero-order valence-corrected chi connectivity index (χ0v) is 7.13. The van der Waals surface area contributed by atoms with Gasteiger partial charge in [-0.3, -0.25) is 0 Å². The predicted octanol–water partition coefficient (Wildman–Crippen LogP) is 2.69. The molecule has 1 aromatic carbocycles. The van der Waals surface area contributed by atoms with Crippen LogP contribution >= 0.6 is 11.6 Å². The normalized spacial score (nSPS) is 9.23. The van der Waals surface area contributed by atoms with Gasteiger partial charge in [0.25, 0.3) is 0 Å². The van der Waals surface area contributed by atoms with E-state index in [1.165, 1.54) is 0 Å². The lowest BCUT2D eigenvalue weighted by Gasteiger charge is -1.96. The van der Waals surface area contributed by atoms with Gasteiger partial charge in [-0.2, -0.15) is 0 Å². The largest absolute Gasteiger partial charge is 0.207 e. The van der Waals surface area contributed by atoms with Crippen LogP contribution in [0.25, 0.3) is 0 Å². The van der Waals surface area contributed by atoms with E-state index in [1.807, 2.05) is 0 Å². The molecule has 0 aliphatic carbocycles. The molecule has 0 saturated heterocycles. The van der Waals surface area contributed by atoms with Crippen molar-refractivity contribution >= 4 is 11.6 Å². The van der Waals surface area contributed by atoms with E-state index in [1.54, 1.807) is 0 Å². The molecule has 1 rings (SSSR count). The van der Waals surface area contributed by atoms with Gasteiger partial charge in [-0.25, -0.2) is 13.2 Å². The lowest BCUT2D eigenvalue weighted by molar-refractivity contribution is 0.492. The van der Waals surface area contributed by atoms with E-state index in [0.717, 1.165) is 6.07 Å². The minimum absolute atomic E-state index is 0.0163. The summed E-state index contributed by atoms with van der Waals surface area (Å²) in [6.45, 7) is 0. The van der Waals surface area contributed by atoms with Crippen LogP contribution in [0.5, 0.6) is 0 Å². The van der Waals surface area contributed by atoms with Crippen molar-refractivity contribution in [3.05, 3.63) is 35.1 Å². The highest BCUT2D eigenvalue weighted by Gasteiger charge is 2.08. The van der Waals surface area contributed by atoms with Gasteiger partial charge in [0, 0.05) is 6.07 Å². The molecule has 0 amide bonds. The third-order valence-corrected chi connectivity index (χ3v) is 1.42. The quantitative estimate of drug-likeness (QED) is 0.346. The molecule has 0 heterocycles. The van der Waals surface area contributed by atoms with E-state index < -0.39 is 17.5 Å². The van der Waals surface area contributed by atoms with Crippen LogP contribution < -0.4 is 0 Å². The van der Waals surface area contributed by atoms with Crippen LogP contribution in [-0.4, -0.2) is 5.88 Å². The Morgan fingerprint density at radius 3 is 2.54 bits per heavy atom. The molecule has 0 aliphatic heterocycles. The lowest BCUT2D eigenvalue weighted by atomic mass is 10.2. The van der Waals surface area contributed by atoms with Crippen molar-refractivity contribution in [1.29, 1.82) is 0 Å². The Kier molecular flexibility index (Phi) is 3.21. The second-order valence-electron chi connectivity index (χ2n) is 2.18. The molecule has 0 fully saturated rings. The van der Waals surface area contributed by atoms with Crippen LogP contribution in [-0.2, 0) is 0 Å². The third kappa shape index (κ3) is 2.40. The fraction of sp³-hybridized carbons (Fsp3) is 0.111. The molecular formula is C9H4ClF3. The minimum Gasteiger partial charge on any atom is -0.207 e. The monoisotopic (exact) mass is 204 g/mol. The minimum atomic E-state index is -1.25. The van der Waals surface area contributed by atoms with Gasteiger partial charge in [0.15, 0.2) is 11.6 Å². The van der Waals surface area contributed by atoms with Gasteiger partial charge in [-0.1, -0.05) is 11.8 Å². The standard InChI is InChI=1S/C9H4ClF3/c10-3-1-2-6-4-7(11)5-8(12)9(6)13/h4-5H,3H2. The Hall–Kier alpha value is -1.14. The first-order valence-electron chi connectivity index (χ1n) is 3.34. The van der Waals surface area contributed by atoms with E-state index in [2.05, 4.69) is 11.8 Å². The van der Waals surface area contributed by atoms with Crippen LogP contribution in [0.1, 0.15) is 5.56 Å². The number of alkyl halides is 1. The molecule has 1 aromatic rings. The van der Waals surface area contributed by atoms with Crippen LogP contribution in [0.4, 0.5) is 13.2 Å². The van der Waals surface area contributed by atoms with E-state index in [-0.39, 0.29) is 11.4 Å². The first-order chi connectivity index (χ1) is 6.15. The van der Waals surface area contributed by atoms with Crippen molar-refractivity contribution < 1.29 is 13.2 Å². The van der Waals surface area contributed by atoms with Crippen molar-refractivity contribution in [1.82, 2.24) is 0 Å². The molecule has 0 aromatic heterocycles. The van der Waals surface area contributed by atoms with Crippen molar-refractivity contribution in [2.75, 3.05) is 5.88 Å². The molecule has 0 atom stereocenters. The van der Waals surface area contributed by atoms with Crippen LogP contribution in [0.2, 0.25) is 0 Å². The Morgan fingerprint density at radius 1 is 1.23 bits per heavy atom. The fourth-order valence-electron chi connectivity index (χ4n) is 0.776. The van der Waals surface area contributed by atoms with Gasteiger partial charge < -0.3 is 0 Å². The highest BCUT2D eigenvalue weighted by molar-refractivity contribution is 6.19. The van der Waals surface area contributed by atoms with Crippen molar-refractivity contribution in [2.45, 2.75) is 0 Å². The number of halogens is 4. The van der Waals surface area contributed by atoms with E-state index in [0.29, 0.717) is 6.07 Å². The Bertz CT molecular complexity index is 376. The molecule has 0 saturated carbocycles. The van der Waals surface area contributed by atoms with Gasteiger partial charge in [0.1, 0.15) is 5.82 Å². The number of hydrogen-bond acceptors (Lipinski definition) is 0. The number of benzene rings is 1. The summed E-state index contributed by atoms with van der Waals surface area (Å²) < 4.78 is 37.9. The summed E-state index contributed by atoms with van der Waals surface area (Å²) in [5.41, 5.74) is -0.321. The van der Waals surface area contributed by atoms with E-state index >= 15 is 0 Å². The molecule has 0 nitrogen and oxygen atoms in total. The molecule has 0 bridgehead atoms. The summed E-state index contributed by atoms with van der Waals surface area (Å²) in [4.78, 5) is 0. The van der Waals surface area contributed by atoms with Crippen LogP contribution in [0, 0.1) is 29.3 Å². The highest BCUT2D eigenvalue weighted by atomic mass is 35.5. The van der Waals surface area contributed by atoms with Gasteiger partial charge in [0.2, 0.25) is 0 Å². The maximum absolute atomic E-state index is 12.8. The average Bonchev–Trinajstić information content (AvgIpc) is 2.09. The van der Waals surface area contributed by atoms with Crippen molar-refractivity contribution in [3.8, 4) is 11.8 Å². The third-order valence-electron chi connectivity index (χ3n) is 1.28. The maximum atomic E-state index is 12.8. The predicted molar refractivity (Wildman–Crippen MR) is 43.9 cm³/mol. The van der Waals surface area contributed by atoms with Crippen LogP contribution in [0.15, 0.2) is 12.1 Å². The first kappa shape index (κ1) is 9.94. The summed E-state index contributed by atoms with van der Waals surface area (Å²) in [6, 6.07) is 1.28. The lowest BCUT2D eigenvalue weighted by Crippen LogP contribution is -1.91. The SMILES string of the molecule is Fc1cc(F)c(F)c(C#CCCl)c1. The zero-order chi connectivity index (χ0) is 9.84. The zero-order valence-electron chi connectivity index (χ0n) is 6.37. The van der Waals surface area contributed by atoms with Crippen molar-refractivity contribution in [2.24, 2.45) is 0 Å². The molecule has 0 spiro atoms. The van der Waals surface area contributed by atoms with Gasteiger partial charge in [-0.05, 0) is 6.07 Å². The first-order valence-corrected chi connectivity index (χ1v) is 3.88. The smallest absolute Gasteiger partial charge is 0.174 e. The molecule has 0 N–H and O–H groups in total. The number of rotatable bonds is 0. The number of hydrogen-bond donors (Lipinski definition) is 0. The Labute approximate surface area is 78.3 Å². The molecule has 0 aliphatic rings. The molecule has 0 unspecified atom stereocenters. The molecule has 4 heteroatoms. The summed E-state index contributed by atoms with van der Waals surface area (Å²) in [5, 5.41) is 0. The topological polar surface area (TPSA) is 0 Å². The molecule has 0 radical (unpaired) electrons. The van der Waals surface area contributed by atoms with E-state index in [9.17, 15) is 13.2 Å². The van der Waals surface area contributed by atoms with Gasteiger partial charge >= 0.3 is 0 Å². The summed E-state index contributed by atoms with van der Waals surface area (Å²) >= 11 is 5.20.